The van der Waals surface area contributed by atoms with Gasteiger partial charge in [0.1, 0.15) is 5.82 Å². The molecule has 0 heterocycles. The minimum Gasteiger partial charge on any atom is -0.308 e. The summed E-state index contributed by atoms with van der Waals surface area (Å²) in [5.41, 5.74) is 0. The third kappa shape index (κ3) is 4.31. The Labute approximate surface area is 115 Å². The lowest BCUT2D eigenvalue weighted by Gasteiger charge is -2.18. The van der Waals surface area contributed by atoms with E-state index < -0.39 is 15.8 Å². The molecule has 0 aliphatic heterocycles. The summed E-state index contributed by atoms with van der Waals surface area (Å²) in [7, 11) is 0.0207. The van der Waals surface area contributed by atoms with Crippen LogP contribution in [0.2, 0.25) is 0 Å². The fraction of sp³-hybridized carbons (Fsp3) is 0.455. The standard InChI is InChI=1S/C11H16BrFN2O2S/c1-8(7-15(2)3)14-18(16,17)9-4-5-10(12)11(13)6-9/h4-6,8,14H,7H2,1-3H3. The Morgan fingerprint density at radius 2 is 2.06 bits per heavy atom. The Bertz CT molecular complexity index is 520. The van der Waals surface area contributed by atoms with Gasteiger partial charge in [-0.1, -0.05) is 0 Å². The highest BCUT2D eigenvalue weighted by molar-refractivity contribution is 9.10. The number of nitrogens with one attached hydrogen (secondary N) is 1. The van der Waals surface area contributed by atoms with Crippen LogP contribution in [0, 0.1) is 5.82 Å². The number of halogens is 2. The van der Waals surface area contributed by atoms with Gasteiger partial charge in [0.25, 0.3) is 0 Å². The molecule has 7 heteroatoms. The Morgan fingerprint density at radius 3 is 2.56 bits per heavy atom. The van der Waals surface area contributed by atoms with Gasteiger partial charge < -0.3 is 4.90 Å². The van der Waals surface area contributed by atoms with E-state index >= 15 is 0 Å². The van der Waals surface area contributed by atoms with Crippen LogP contribution in [0.5, 0.6) is 0 Å². The van der Waals surface area contributed by atoms with Crippen molar-refractivity contribution in [3.63, 3.8) is 0 Å². The Balaban J connectivity index is 2.89. The van der Waals surface area contributed by atoms with Crippen molar-refractivity contribution in [1.82, 2.24) is 9.62 Å². The predicted molar refractivity (Wildman–Crippen MR) is 72.4 cm³/mol. The van der Waals surface area contributed by atoms with Crippen LogP contribution in [-0.4, -0.2) is 40.0 Å². The first-order valence-electron chi connectivity index (χ1n) is 5.34. The summed E-state index contributed by atoms with van der Waals surface area (Å²) in [5, 5.41) is 0. The summed E-state index contributed by atoms with van der Waals surface area (Å²) in [4.78, 5) is 1.80. The second-order valence-corrected chi connectivity index (χ2v) is 6.93. The van der Waals surface area contributed by atoms with Crippen LogP contribution in [0.25, 0.3) is 0 Å². The number of hydrogen-bond acceptors (Lipinski definition) is 3. The highest BCUT2D eigenvalue weighted by atomic mass is 79.9. The highest BCUT2D eigenvalue weighted by Gasteiger charge is 2.18. The molecule has 0 aromatic heterocycles. The minimum atomic E-state index is -3.68. The molecular formula is C11H16BrFN2O2S. The highest BCUT2D eigenvalue weighted by Crippen LogP contribution is 2.19. The molecule has 1 N–H and O–H groups in total. The van der Waals surface area contributed by atoms with Crippen LogP contribution in [-0.2, 0) is 10.0 Å². The molecule has 0 amide bonds. The molecule has 4 nitrogen and oxygen atoms in total. The van der Waals surface area contributed by atoms with Crippen molar-refractivity contribution in [2.45, 2.75) is 17.9 Å². The molecule has 0 aliphatic rings. The van der Waals surface area contributed by atoms with Crippen molar-refractivity contribution in [1.29, 1.82) is 0 Å². The van der Waals surface area contributed by atoms with E-state index in [4.69, 9.17) is 0 Å². The van der Waals surface area contributed by atoms with Crippen LogP contribution in [0.4, 0.5) is 4.39 Å². The maximum Gasteiger partial charge on any atom is 0.240 e. The second kappa shape index (κ2) is 6.10. The SMILES string of the molecule is CC(CN(C)C)NS(=O)(=O)c1ccc(Br)c(F)c1. The summed E-state index contributed by atoms with van der Waals surface area (Å²) in [6.45, 7) is 2.32. The fourth-order valence-corrected chi connectivity index (χ4v) is 3.05. The van der Waals surface area contributed by atoms with Gasteiger partial charge in [-0.05, 0) is 55.1 Å². The molecule has 0 aliphatic carbocycles. The normalized spacial score (nSPS) is 13.9. The van der Waals surface area contributed by atoms with Crippen LogP contribution in [0.15, 0.2) is 27.6 Å². The average Bonchev–Trinajstić information content (AvgIpc) is 2.19. The first-order valence-corrected chi connectivity index (χ1v) is 7.62. The molecule has 0 bridgehead atoms. The third-order valence-corrected chi connectivity index (χ3v) is 4.43. The average molecular weight is 339 g/mol. The quantitative estimate of drug-likeness (QED) is 0.890. The molecular weight excluding hydrogens is 323 g/mol. The smallest absolute Gasteiger partial charge is 0.240 e. The lowest BCUT2D eigenvalue weighted by molar-refractivity contribution is 0.370. The monoisotopic (exact) mass is 338 g/mol. The second-order valence-electron chi connectivity index (χ2n) is 4.36. The molecule has 18 heavy (non-hydrogen) atoms. The van der Waals surface area contributed by atoms with Crippen molar-refractivity contribution in [3.05, 3.63) is 28.5 Å². The number of benzene rings is 1. The summed E-state index contributed by atoms with van der Waals surface area (Å²) in [6.07, 6.45) is 0. The van der Waals surface area contributed by atoms with E-state index in [1.807, 2.05) is 19.0 Å². The zero-order valence-electron chi connectivity index (χ0n) is 10.4. The molecule has 1 rings (SSSR count). The molecule has 0 saturated carbocycles. The summed E-state index contributed by atoms with van der Waals surface area (Å²) < 4.78 is 40.0. The van der Waals surface area contributed by atoms with Crippen molar-refractivity contribution >= 4 is 26.0 Å². The lowest BCUT2D eigenvalue weighted by Crippen LogP contribution is -2.39. The van der Waals surface area contributed by atoms with Crippen molar-refractivity contribution < 1.29 is 12.8 Å². The maximum absolute atomic E-state index is 13.3. The van der Waals surface area contributed by atoms with Crippen LogP contribution in [0.3, 0.4) is 0 Å². The van der Waals surface area contributed by atoms with Crippen LogP contribution >= 0.6 is 15.9 Å². The molecule has 1 atom stereocenters. The van der Waals surface area contributed by atoms with Gasteiger partial charge >= 0.3 is 0 Å². The van der Waals surface area contributed by atoms with E-state index in [9.17, 15) is 12.8 Å². The summed E-state index contributed by atoms with van der Waals surface area (Å²) in [6, 6.07) is 3.48. The molecule has 0 saturated heterocycles. The zero-order valence-corrected chi connectivity index (χ0v) is 12.8. The Hall–Kier alpha value is -0.500. The van der Waals surface area contributed by atoms with E-state index in [1.165, 1.54) is 12.1 Å². The van der Waals surface area contributed by atoms with Gasteiger partial charge in [-0.25, -0.2) is 17.5 Å². The van der Waals surface area contributed by atoms with Gasteiger partial charge in [-0.15, -0.1) is 0 Å². The van der Waals surface area contributed by atoms with Crippen LogP contribution in [0.1, 0.15) is 6.92 Å². The molecule has 0 fully saturated rings. The van der Waals surface area contributed by atoms with E-state index in [0.717, 1.165) is 6.07 Å². The largest absolute Gasteiger partial charge is 0.308 e. The Morgan fingerprint density at radius 1 is 1.44 bits per heavy atom. The topological polar surface area (TPSA) is 49.4 Å². The van der Waals surface area contributed by atoms with E-state index in [0.29, 0.717) is 6.54 Å². The van der Waals surface area contributed by atoms with Gasteiger partial charge in [-0.3, -0.25) is 0 Å². The number of likely N-dealkylation sites (N-methyl/N-ethyl adjacent to an activating group) is 1. The molecule has 1 aromatic rings. The summed E-state index contributed by atoms with van der Waals surface area (Å²) >= 11 is 2.98. The van der Waals surface area contributed by atoms with Gasteiger partial charge in [-0.2, -0.15) is 0 Å². The molecule has 1 unspecified atom stereocenters. The van der Waals surface area contributed by atoms with Gasteiger partial charge in [0.2, 0.25) is 10.0 Å². The number of rotatable bonds is 5. The van der Waals surface area contributed by atoms with Gasteiger partial charge in [0, 0.05) is 12.6 Å². The van der Waals surface area contributed by atoms with Gasteiger partial charge in [0.15, 0.2) is 0 Å². The first kappa shape index (κ1) is 15.6. The van der Waals surface area contributed by atoms with Crippen LogP contribution < -0.4 is 4.72 Å². The van der Waals surface area contributed by atoms with Gasteiger partial charge in [0.05, 0.1) is 9.37 Å². The fourth-order valence-electron chi connectivity index (χ4n) is 1.56. The lowest BCUT2D eigenvalue weighted by atomic mass is 10.3. The zero-order chi connectivity index (χ0) is 13.9. The Kier molecular flexibility index (Phi) is 5.27. The third-order valence-electron chi connectivity index (χ3n) is 2.20. The van der Waals surface area contributed by atoms with Crippen molar-refractivity contribution in [2.75, 3.05) is 20.6 Å². The minimum absolute atomic E-state index is 0.0752. The number of sulfonamides is 1. The van der Waals surface area contributed by atoms with E-state index in [2.05, 4.69) is 20.7 Å². The first-order chi connectivity index (χ1) is 8.22. The maximum atomic E-state index is 13.3. The number of hydrogen-bond donors (Lipinski definition) is 1. The molecule has 1 aromatic carbocycles. The van der Waals surface area contributed by atoms with E-state index in [1.54, 1.807) is 6.92 Å². The molecule has 0 radical (unpaired) electrons. The molecule has 102 valence electrons. The molecule has 0 spiro atoms. The number of nitrogens with zero attached hydrogens (tertiary/aromatic N) is 1. The van der Waals surface area contributed by atoms with E-state index in [-0.39, 0.29) is 15.4 Å². The van der Waals surface area contributed by atoms with Crippen molar-refractivity contribution in [3.8, 4) is 0 Å². The van der Waals surface area contributed by atoms with Crippen molar-refractivity contribution in [2.24, 2.45) is 0 Å². The predicted octanol–water partition coefficient (Wildman–Crippen LogP) is 1.82. The summed E-state index contributed by atoms with van der Waals surface area (Å²) in [5.74, 6) is -0.599.